The average molecular weight is 1090 g/mol. The SMILES string of the molecule is CCCCCCCCCCCCC=CC(=S)OCC(COC(=S)C=CCCCCCCCCCCCC)(COC(=S)C=CCCCCCCCCCCCC)COC(=S)C=CCCCCCCCCCCCC. The van der Waals surface area contributed by atoms with Gasteiger partial charge in [-0.3, -0.25) is 0 Å². The van der Waals surface area contributed by atoms with Crippen molar-refractivity contribution >= 4 is 69.1 Å². The van der Waals surface area contributed by atoms with Crippen molar-refractivity contribution in [2.75, 3.05) is 26.4 Å². The molecule has 0 N–H and O–H groups in total. The lowest BCUT2D eigenvalue weighted by atomic mass is 9.92. The molecular weight excluding hydrogens is 973 g/mol. The summed E-state index contributed by atoms with van der Waals surface area (Å²) in [5, 5.41) is 1.75. The Morgan fingerprint density at radius 2 is 0.397 bits per heavy atom. The van der Waals surface area contributed by atoms with E-state index in [0.29, 0.717) is 20.2 Å². The Bertz CT molecular complexity index is 1170. The third-order valence-corrected chi connectivity index (χ3v) is 15.0. The van der Waals surface area contributed by atoms with Crippen LogP contribution >= 0.6 is 48.9 Å². The minimum atomic E-state index is -0.800. The maximum absolute atomic E-state index is 6.36. The maximum Gasteiger partial charge on any atom is 0.183 e. The van der Waals surface area contributed by atoms with E-state index in [2.05, 4.69) is 52.0 Å². The van der Waals surface area contributed by atoms with Gasteiger partial charge in [-0.25, -0.2) is 0 Å². The van der Waals surface area contributed by atoms with Crippen LogP contribution in [0.1, 0.15) is 310 Å². The molecule has 0 saturated heterocycles. The van der Waals surface area contributed by atoms with Gasteiger partial charge in [0, 0.05) is 0 Å². The van der Waals surface area contributed by atoms with Gasteiger partial charge in [-0.2, -0.15) is 0 Å². The molecule has 0 fully saturated rings. The van der Waals surface area contributed by atoms with Crippen LogP contribution in [0.15, 0.2) is 48.6 Å². The van der Waals surface area contributed by atoms with Crippen LogP contribution in [-0.2, 0) is 18.9 Å². The molecule has 8 heteroatoms. The Balaban J connectivity index is 5.66. The number of ether oxygens (including phenoxy) is 4. The maximum atomic E-state index is 6.36. The van der Waals surface area contributed by atoms with E-state index in [0.717, 1.165) is 51.4 Å². The van der Waals surface area contributed by atoms with Crippen LogP contribution in [0, 0.1) is 5.41 Å². The van der Waals surface area contributed by atoms with E-state index < -0.39 is 5.41 Å². The molecule has 73 heavy (non-hydrogen) atoms. The lowest BCUT2D eigenvalue weighted by molar-refractivity contribution is -0.0123. The first-order chi connectivity index (χ1) is 35.8. The average Bonchev–Trinajstić information content (AvgIpc) is 3.39. The molecule has 4 nitrogen and oxygen atoms in total. The summed E-state index contributed by atoms with van der Waals surface area (Å²) in [6, 6.07) is 0. The third-order valence-electron chi connectivity index (χ3n) is 14.0. The number of rotatable bonds is 56. The highest BCUT2D eigenvalue weighted by molar-refractivity contribution is 7.81. The van der Waals surface area contributed by atoms with Crippen LogP contribution < -0.4 is 0 Å². The molecule has 0 rings (SSSR count). The van der Waals surface area contributed by atoms with Gasteiger partial charge in [0.15, 0.2) is 20.2 Å². The topological polar surface area (TPSA) is 36.9 Å². The Kier molecular flexibility index (Phi) is 57.0. The molecule has 0 heterocycles. The largest absolute Gasteiger partial charge is 0.482 e. The highest BCUT2D eigenvalue weighted by Crippen LogP contribution is 2.24. The van der Waals surface area contributed by atoms with E-state index in [1.54, 1.807) is 0 Å². The Labute approximate surface area is 475 Å². The number of unbranched alkanes of at least 4 members (excludes halogenated alkanes) is 40. The molecule has 0 aliphatic heterocycles. The third kappa shape index (κ3) is 53.7. The highest BCUT2D eigenvalue weighted by atomic mass is 32.1. The van der Waals surface area contributed by atoms with Crippen molar-refractivity contribution in [3.05, 3.63) is 48.6 Å². The summed E-state index contributed by atoms with van der Waals surface area (Å²) in [6.07, 6.45) is 73.2. The summed E-state index contributed by atoms with van der Waals surface area (Å²) >= 11 is 23.1. The lowest BCUT2D eigenvalue weighted by Gasteiger charge is -2.32. The highest BCUT2D eigenvalue weighted by Gasteiger charge is 2.36. The zero-order valence-electron chi connectivity index (χ0n) is 48.3. The minimum Gasteiger partial charge on any atom is -0.482 e. The van der Waals surface area contributed by atoms with Gasteiger partial charge in [-0.05, 0) is 125 Å². The summed E-state index contributed by atoms with van der Waals surface area (Å²) < 4.78 is 25.4. The number of allylic oxidation sites excluding steroid dienone is 4. The second-order valence-electron chi connectivity index (χ2n) is 21.4. The predicted molar refractivity (Wildman–Crippen MR) is 339 cm³/mol. The number of thiocarbonyl (C=S) groups is 4. The van der Waals surface area contributed by atoms with Crippen molar-refractivity contribution < 1.29 is 18.9 Å². The molecular formula is C65H116O4S4. The van der Waals surface area contributed by atoms with Gasteiger partial charge in [-0.15, -0.1) is 0 Å². The van der Waals surface area contributed by atoms with E-state index in [4.69, 9.17) is 67.8 Å². The van der Waals surface area contributed by atoms with Crippen molar-refractivity contribution in [1.82, 2.24) is 0 Å². The molecule has 0 aromatic carbocycles. The van der Waals surface area contributed by atoms with Gasteiger partial charge in [0.2, 0.25) is 0 Å². The normalized spacial score (nSPS) is 12.7. The standard InChI is InChI=1S/C65H116O4S4/c1-5-9-13-17-21-25-29-33-37-41-45-49-53-61(70)66-57-65(58-67-62(71)54-50-46-42-38-34-30-26-22-18-14-10-6-2,59-68-63(72)55-51-47-43-39-35-31-27-23-19-15-11-7-3)60-69-64(73)56-52-48-44-40-36-32-28-24-20-16-12-8-4/h49-56H,5-48,57-60H2,1-4H3. The van der Waals surface area contributed by atoms with E-state index in [-0.39, 0.29) is 26.4 Å². The van der Waals surface area contributed by atoms with Gasteiger partial charge in [0.1, 0.15) is 31.8 Å². The van der Waals surface area contributed by atoms with Crippen molar-refractivity contribution in [2.24, 2.45) is 5.41 Å². The van der Waals surface area contributed by atoms with Gasteiger partial charge in [0.05, 0.1) is 0 Å². The molecule has 0 aromatic rings. The molecule has 0 unspecified atom stereocenters. The first-order valence-electron chi connectivity index (χ1n) is 31.2. The second-order valence-corrected chi connectivity index (χ2v) is 23.0. The lowest BCUT2D eigenvalue weighted by Crippen LogP contribution is -2.43. The molecule has 0 bridgehead atoms. The summed E-state index contributed by atoms with van der Waals surface area (Å²) in [4.78, 5) is 0. The van der Waals surface area contributed by atoms with E-state index in [1.807, 2.05) is 24.3 Å². The first kappa shape index (κ1) is 71.5. The fourth-order valence-electron chi connectivity index (χ4n) is 9.06. The zero-order chi connectivity index (χ0) is 53.2. The molecule has 424 valence electrons. The Morgan fingerprint density at radius 1 is 0.247 bits per heavy atom. The minimum absolute atomic E-state index is 0.204. The zero-order valence-corrected chi connectivity index (χ0v) is 51.6. The molecule has 0 amide bonds. The molecule has 0 spiro atoms. The van der Waals surface area contributed by atoms with E-state index in [9.17, 15) is 0 Å². The molecule has 0 radical (unpaired) electrons. The molecule has 0 aliphatic rings. The number of hydrogen-bond donors (Lipinski definition) is 0. The molecule has 0 atom stereocenters. The molecule has 0 saturated carbocycles. The summed E-state index contributed by atoms with van der Waals surface area (Å²) in [7, 11) is 0. The van der Waals surface area contributed by atoms with Crippen LogP contribution in [0.2, 0.25) is 0 Å². The fourth-order valence-corrected chi connectivity index (χ4v) is 9.68. The molecule has 0 aromatic heterocycles. The second kappa shape index (κ2) is 58.2. The van der Waals surface area contributed by atoms with Crippen molar-refractivity contribution in [2.45, 2.75) is 310 Å². The van der Waals surface area contributed by atoms with E-state index >= 15 is 0 Å². The van der Waals surface area contributed by atoms with Gasteiger partial charge < -0.3 is 18.9 Å². The van der Waals surface area contributed by atoms with Crippen LogP contribution in [0.4, 0.5) is 0 Å². The number of hydrogen-bond acceptors (Lipinski definition) is 8. The summed E-state index contributed by atoms with van der Waals surface area (Å²) in [6.45, 7) is 9.94. The van der Waals surface area contributed by atoms with Crippen LogP contribution in [0.25, 0.3) is 0 Å². The monoisotopic (exact) mass is 1090 g/mol. The van der Waals surface area contributed by atoms with Gasteiger partial charge in [0.25, 0.3) is 0 Å². The van der Waals surface area contributed by atoms with Crippen LogP contribution in [0.5, 0.6) is 0 Å². The quantitative estimate of drug-likeness (QED) is 0.0339. The Hall–Kier alpha value is -1.48. The van der Waals surface area contributed by atoms with Crippen LogP contribution in [-0.4, -0.2) is 46.6 Å². The first-order valence-corrected chi connectivity index (χ1v) is 32.8. The van der Waals surface area contributed by atoms with Crippen molar-refractivity contribution in [3.63, 3.8) is 0 Å². The predicted octanol–water partition coefficient (Wildman–Crippen LogP) is 22.8. The summed E-state index contributed by atoms with van der Waals surface area (Å²) in [5.74, 6) is 0. The van der Waals surface area contributed by atoms with Gasteiger partial charge >= 0.3 is 0 Å². The fraction of sp³-hybridized carbons (Fsp3) is 0.815. The Morgan fingerprint density at radius 3 is 0.562 bits per heavy atom. The van der Waals surface area contributed by atoms with Crippen LogP contribution in [0.3, 0.4) is 0 Å². The van der Waals surface area contributed by atoms with Crippen molar-refractivity contribution in [3.8, 4) is 0 Å². The smallest absolute Gasteiger partial charge is 0.183 e. The summed E-state index contributed by atoms with van der Waals surface area (Å²) in [5.41, 5.74) is -0.800. The van der Waals surface area contributed by atoms with E-state index in [1.165, 1.54) is 231 Å². The van der Waals surface area contributed by atoms with Crippen molar-refractivity contribution in [1.29, 1.82) is 0 Å². The van der Waals surface area contributed by atoms with Gasteiger partial charge in [-0.1, -0.05) is 283 Å². The molecule has 0 aliphatic carbocycles.